The summed E-state index contributed by atoms with van der Waals surface area (Å²) in [4.78, 5) is 20.7. The van der Waals surface area contributed by atoms with E-state index in [0.717, 1.165) is 0 Å². The van der Waals surface area contributed by atoms with Crippen molar-refractivity contribution in [1.29, 1.82) is 5.26 Å². The van der Waals surface area contributed by atoms with Crippen LogP contribution in [0.1, 0.15) is 15.9 Å². The summed E-state index contributed by atoms with van der Waals surface area (Å²) in [6.07, 6.45) is 2.85. The lowest BCUT2D eigenvalue weighted by Crippen LogP contribution is -2.16. The molecule has 0 radical (unpaired) electrons. The van der Waals surface area contributed by atoms with E-state index in [2.05, 4.69) is 26.7 Å². The molecule has 1 aliphatic heterocycles. The average molecular weight is 373 g/mol. The van der Waals surface area contributed by atoms with Gasteiger partial charge >= 0.3 is 0 Å². The van der Waals surface area contributed by atoms with Gasteiger partial charge in [-0.15, -0.1) is 0 Å². The minimum absolute atomic E-state index is 0.311. The van der Waals surface area contributed by atoms with Crippen LogP contribution in [0.25, 0.3) is 0 Å². The second-order valence-corrected chi connectivity index (χ2v) is 5.93. The molecule has 3 aromatic rings. The Morgan fingerprint density at radius 3 is 2.57 bits per heavy atom. The summed E-state index contributed by atoms with van der Waals surface area (Å²) < 4.78 is 11.0. The van der Waals surface area contributed by atoms with Crippen LogP contribution in [0, 0.1) is 11.3 Å². The predicted molar refractivity (Wildman–Crippen MR) is 102 cm³/mol. The molecule has 8 heteroatoms. The van der Waals surface area contributed by atoms with Gasteiger partial charge in [-0.25, -0.2) is 9.97 Å². The molecule has 28 heavy (non-hydrogen) atoms. The Hall–Kier alpha value is -4.12. The van der Waals surface area contributed by atoms with Crippen LogP contribution in [0.4, 0.5) is 17.3 Å². The standard InChI is InChI=1S/C20H15N5O3/c21-10-13-2-1-3-15(8-13)25-20-22-11-14(12-23-20)19(26)24-16-4-5-17-18(9-16)28-7-6-27-17/h1-5,8-9,11-12H,6-7H2,(H,24,26)(H,22,23,25). The summed E-state index contributed by atoms with van der Waals surface area (Å²) in [5.74, 6) is 1.24. The van der Waals surface area contributed by atoms with Crippen molar-refractivity contribution in [3.8, 4) is 17.6 Å². The maximum Gasteiger partial charge on any atom is 0.258 e. The minimum atomic E-state index is -0.338. The van der Waals surface area contributed by atoms with Gasteiger partial charge in [-0.3, -0.25) is 4.79 Å². The molecule has 0 atom stereocenters. The number of carbonyl (C=O) groups excluding carboxylic acids is 1. The lowest BCUT2D eigenvalue weighted by atomic mass is 10.2. The Morgan fingerprint density at radius 1 is 1.00 bits per heavy atom. The van der Waals surface area contributed by atoms with Crippen molar-refractivity contribution in [2.75, 3.05) is 23.8 Å². The highest BCUT2D eigenvalue weighted by Gasteiger charge is 2.14. The molecule has 0 fully saturated rings. The monoisotopic (exact) mass is 373 g/mol. The molecular weight excluding hydrogens is 358 g/mol. The predicted octanol–water partition coefficient (Wildman–Crippen LogP) is 3.12. The fourth-order valence-corrected chi connectivity index (χ4v) is 2.63. The number of aromatic nitrogens is 2. The summed E-state index contributed by atoms with van der Waals surface area (Å²) in [6.45, 7) is 0.987. The van der Waals surface area contributed by atoms with Crippen molar-refractivity contribution in [3.05, 3.63) is 66.0 Å². The molecule has 0 saturated heterocycles. The zero-order chi connectivity index (χ0) is 19.3. The molecule has 138 valence electrons. The van der Waals surface area contributed by atoms with E-state index in [1.807, 2.05) is 0 Å². The van der Waals surface area contributed by atoms with Crippen LogP contribution in [0.2, 0.25) is 0 Å². The number of amides is 1. The molecule has 0 bridgehead atoms. The van der Waals surface area contributed by atoms with Crippen LogP contribution in [0.15, 0.2) is 54.9 Å². The molecule has 0 spiro atoms. The van der Waals surface area contributed by atoms with Crippen LogP contribution < -0.4 is 20.1 Å². The van der Waals surface area contributed by atoms with Gasteiger partial charge in [0.1, 0.15) is 13.2 Å². The zero-order valence-corrected chi connectivity index (χ0v) is 14.7. The van der Waals surface area contributed by atoms with Gasteiger partial charge in [-0.05, 0) is 30.3 Å². The van der Waals surface area contributed by atoms with Crippen LogP contribution >= 0.6 is 0 Å². The topological polar surface area (TPSA) is 109 Å². The number of carbonyl (C=O) groups is 1. The van der Waals surface area contributed by atoms with Crippen molar-refractivity contribution in [2.45, 2.75) is 0 Å². The maximum absolute atomic E-state index is 12.4. The van der Waals surface area contributed by atoms with Crippen molar-refractivity contribution >= 4 is 23.2 Å². The highest BCUT2D eigenvalue weighted by Crippen LogP contribution is 2.32. The molecule has 1 aromatic heterocycles. The number of fused-ring (bicyclic) bond motifs is 1. The Kier molecular flexibility index (Phi) is 4.72. The second-order valence-electron chi connectivity index (χ2n) is 5.93. The molecule has 2 N–H and O–H groups in total. The number of nitriles is 1. The smallest absolute Gasteiger partial charge is 0.258 e. The third kappa shape index (κ3) is 3.83. The van der Waals surface area contributed by atoms with Crippen molar-refractivity contribution in [2.24, 2.45) is 0 Å². The first kappa shape index (κ1) is 17.3. The Morgan fingerprint density at radius 2 is 1.79 bits per heavy atom. The van der Waals surface area contributed by atoms with Gasteiger partial charge in [-0.1, -0.05) is 6.07 Å². The number of hydrogen-bond donors (Lipinski definition) is 2. The quantitative estimate of drug-likeness (QED) is 0.723. The molecule has 0 saturated carbocycles. The number of anilines is 3. The first-order valence-electron chi connectivity index (χ1n) is 8.51. The van der Waals surface area contributed by atoms with E-state index in [9.17, 15) is 4.79 Å². The molecule has 0 unspecified atom stereocenters. The lowest BCUT2D eigenvalue weighted by molar-refractivity contribution is 0.102. The molecule has 2 heterocycles. The summed E-state index contributed by atoms with van der Waals surface area (Å²) in [5, 5.41) is 14.7. The SMILES string of the molecule is N#Cc1cccc(Nc2ncc(C(=O)Nc3ccc4c(c3)OCCO4)cn2)c1. The lowest BCUT2D eigenvalue weighted by Gasteiger charge is -2.19. The van der Waals surface area contributed by atoms with Gasteiger partial charge in [0, 0.05) is 29.8 Å². The molecular formula is C20H15N5O3. The summed E-state index contributed by atoms with van der Waals surface area (Å²) in [6, 6.07) is 14.2. The number of rotatable bonds is 4. The van der Waals surface area contributed by atoms with Crippen LogP contribution in [0.5, 0.6) is 11.5 Å². The number of benzene rings is 2. The number of ether oxygens (including phenoxy) is 2. The van der Waals surface area contributed by atoms with Crippen LogP contribution in [0.3, 0.4) is 0 Å². The van der Waals surface area contributed by atoms with E-state index >= 15 is 0 Å². The molecule has 2 aromatic carbocycles. The van der Waals surface area contributed by atoms with E-state index < -0.39 is 0 Å². The normalized spacial score (nSPS) is 12.0. The van der Waals surface area contributed by atoms with E-state index in [0.29, 0.717) is 53.2 Å². The second kappa shape index (κ2) is 7.63. The van der Waals surface area contributed by atoms with Gasteiger partial charge in [0.25, 0.3) is 5.91 Å². The molecule has 1 aliphatic rings. The minimum Gasteiger partial charge on any atom is -0.486 e. The summed E-state index contributed by atoms with van der Waals surface area (Å²) >= 11 is 0. The van der Waals surface area contributed by atoms with Crippen LogP contribution in [-0.4, -0.2) is 29.1 Å². The number of nitrogens with one attached hydrogen (secondary N) is 2. The van der Waals surface area contributed by atoms with Gasteiger partial charge in [0.2, 0.25) is 5.95 Å². The van der Waals surface area contributed by atoms with E-state index in [1.54, 1.807) is 42.5 Å². The largest absolute Gasteiger partial charge is 0.486 e. The van der Waals surface area contributed by atoms with Crippen molar-refractivity contribution in [1.82, 2.24) is 9.97 Å². The van der Waals surface area contributed by atoms with Gasteiger partial charge in [-0.2, -0.15) is 5.26 Å². The van der Waals surface area contributed by atoms with Gasteiger partial charge in [0.15, 0.2) is 11.5 Å². The average Bonchev–Trinajstić information content (AvgIpc) is 2.74. The Bertz CT molecular complexity index is 1060. The molecule has 4 rings (SSSR count). The van der Waals surface area contributed by atoms with Crippen molar-refractivity contribution in [3.63, 3.8) is 0 Å². The van der Waals surface area contributed by atoms with E-state index in [4.69, 9.17) is 14.7 Å². The fourth-order valence-electron chi connectivity index (χ4n) is 2.63. The van der Waals surface area contributed by atoms with Crippen LogP contribution in [-0.2, 0) is 0 Å². The Labute approximate surface area is 160 Å². The Balaban J connectivity index is 1.43. The van der Waals surface area contributed by atoms with E-state index in [1.165, 1.54) is 12.4 Å². The summed E-state index contributed by atoms with van der Waals surface area (Å²) in [5.41, 5.74) is 2.11. The number of hydrogen-bond acceptors (Lipinski definition) is 7. The number of nitrogens with zero attached hydrogens (tertiary/aromatic N) is 3. The van der Waals surface area contributed by atoms with Gasteiger partial charge in [0.05, 0.1) is 17.2 Å². The zero-order valence-electron chi connectivity index (χ0n) is 14.7. The fraction of sp³-hybridized carbons (Fsp3) is 0.100. The highest BCUT2D eigenvalue weighted by molar-refractivity contribution is 6.04. The highest BCUT2D eigenvalue weighted by atomic mass is 16.6. The third-order valence-electron chi connectivity index (χ3n) is 3.96. The first-order valence-corrected chi connectivity index (χ1v) is 8.51. The molecule has 8 nitrogen and oxygen atoms in total. The van der Waals surface area contributed by atoms with Crippen molar-refractivity contribution < 1.29 is 14.3 Å². The van der Waals surface area contributed by atoms with E-state index in [-0.39, 0.29) is 5.91 Å². The maximum atomic E-state index is 12.4. The third-order valence-corrected chi connectivity index (χ3v) is 3.96. The van der Waals surface area contributed by atoms with Gasteiger partial charge < -0.3 is 20.1 Å². The molecule has 1 amide bonds. The molecule has 0 aliphatic carbocycles. The summed E-state index contributed by atoms with van der Waals surface area (Å²) in [7, 11) is 0. The first-order chi connectivity index (χ1) is 13.7.